The van der Waals surface area contributed by atoms with E-state index in [2.05, 4.69) is 0 Å². The summed E-state index contributed by atoms with van der Waals surface area (Å²) in [5, 5.41) is 2.27. The van der Waals surface area contributed by atoms with E-state index < -0.39 is 6.17 Å². The summed E-state index contributed by atoms with van der Waals surface area (Å²) in [6.45, 7) is 2.55. The third-order valence-electron chi connectivity index (χ3n) is 4.90. The Balaban J connectivity index is 0.00000225. The number of halogens is 2. The Hall–Kier alpha value is -1.74. The van der Waals surface area contributed by atoms with Crippen molar-refractivity contribution in [3.8, 4) is 11.1 Å². The minimum Gasteiger partial charge on any atom is -0.299 e. The van der Waals surface area contributed by atoms with E-state index >= 15 is 0 Å². The smallest absolute Gasteiger partial charge is 0.299 e. The molecule has 2 heterocycles. The first-order valence-electron chi connectivity index (χ1n) is 8.67. The highest BCUT2D eigenvalue weighted by Crippen LogP contribution is 2.34. The molecule has 3 aromatic rings. The van der Waals surface area contributed by atoms with Gasteiger partial charge in [-0.05, 0) is 17.7 Å². The van der Waals surface area contributed by atoms with Crippen LogP contribution in [0.15, 0.2) is 47.3 Å². The quantitative estimate of drug-likeness (QED) is 0.500. The number of benzene rings is 2. The predicted molar refractivity (Wildman–Crippen MR) is 116 cm³/mol. The van der Waals surface area contributed by atoms with E-state index in [0.29, 0.717) is 36.7 Å². The summed E-state index contributed by atoms with van der Waals surface area (Å²) in [6, 6.07) is 13.5. The summed E-state index contributed by atoms with van der Waals surface area (Å²) >= 11 is 7.67. The van der Waals surface area contributed by atoms with Crippen LogP contribution in [0.25, 0.3) is 21.3 Å². The fraction of sp³-hybridized carbons (Fsp3) is 0.263. The molecule has 1 aromatic heterocycles. The number of carbonyl (C=O) groups is 1. The average Bonchev–Trinajstić information content (AvgIpc) is 2.99. The van der Waals surface area contributed by atoms with Crippen molar-refractivity contribution in [1.82, 2.24) is 14.5 Å². The van der Waals surface area contributed by atoms with E-state index in [9.17, 15) is 9.59 Å². The lowest BCUT2D eigenvalue weighted by molar-refractivity contribution is -0.116. The molecule has 6 nitrogen and oxygen atoms in total. The zero-order valence-corrected chi connectivity index (χ0v) is 17.3. The van der Waals surface area contributed by atoms with E-state index in [1.807, 2.05) is 41.3 Å². The molecule has 1 aliphatic rings. The molecule has 28 heavy (non-hydrogen) atoms. The topological polar surface area (TPSA) is 71.6 Å². The van der Waals surface area contributed by atoms with Gasteiger partial charge in [0.15, 0.2) is 6.29 Å². The molecule has 2 aromatic carbocycles. The van der Waals surface area contributed by atoms with E-state index in [1.165, 1.54) is 0 Å². The zero-order chi connectivity index (χ0) is 19.0. The van der Waals surface area contributed by atoms with Crippen LogP contribution in [0.2, 0.25) is 5.02 Å². The second-order valence-corrected chi connectivity index (χ2v) is 7.93. The van der Waals surface area contributed by atoms with E-state index in [0.717, 1.165) is 33.4 Å². The van der Waals surface area contributed by atoms with Gasteiger partial charge in [0.25, 0.3) is 0 Å². The number of rotatable bonds is 4. The van der Waals surface area contributed by atoms with Crippen molar-refractivity contribution in [3.63, 3.8) is 0 Å². The highest BCUT2D eigenvalue weighted by atomic mass is 35.5. The van der Waals surface area contributed by atoms with E-state index in [1.54, 1.807) is 15.6 Å². The summed E-state index contributed by atoms with van der Waals surface area (Å²) in [6.07, 6.45) is 0.164. The number of aldehydes is 1. The fourth-order valence-corrected chi connectivity index (χ4v) is 4.65. The Morgan fingerprint density at radius 3 is 2.43 bits per heavy atom. The van der Waals surface area contributed by atoms with Crippen LogP contribution in [0, 0.1) is 0 Å². The number of piperazine rings is 1. The maximum absolute atomic E-state index is 12.7. The molecule has 4 rings (SSSR count). The fourth-order valence-electron chi connectivity index (χ4n) is 3.46. The molecule has 148 valence electrons. The van der Waals surface area contributed by atoms with Gasteiger partial charge in [0, 0.05) is 31.7 Å². The molecule has 0 amide bonds. The maximum atomic E-state index is 12.7. The van der Waals surface area contributed by atoms with Crippen LogP contribution in [0.3, 0.4) is 0 Å². The van der Waals surface area contributed by atoms with Crippen LogP contribution in [0.1, 0.15) is 6.17 Å². The van der Waals surface area contributed by atoms with Gasteiger partial charge < -0.3 is 0 Å². The van der Waals surface area contributed by atoms with Crippen LogP contribution >= 0.6 is 35.3 Å². The number of nitrogens with two attached hydrogens (primary N) is 1. The van der Waals surface area contributed by atoms with Crippen molar-refractivity contribution in [2.45, 2.75) is 6.17 Å². The maximum Gasteiger partial charge on any atom is 0.309 e. The number of aromatic nitrogens is 1. The number of hydrazine groups is 1. The van der Waals surface area contributed by atoms with Gasteiger partial charge in [-0.3, -0.25) is 24.9 Å². The van der Waals surface area contributed by atoms with Gasteiger partial charge in [0.2, 0.25) is 0 Å². The number of carbonyl (C=O) groups excluding carboxylic acids is 1. The number of hydrogen-bond acceptors (Lipinski definition) is 6. The Morgan fingerprint density at radius 2 is 1.79 bits per heavy atom. The molecular formula is C19H20Cl2N4O2S. The third kappa shape index (κ3) is 3.87. The monoisotopic (exact) mass is 438 g/mol. The number of nitrogens with zero attached hydrogens (tertiary/aromatic N) is 3. The first-order chi connectivity index (χ1) is 13.1. The van der Waals surface area contributed by atoms with Crippen molar-refractivity contribution in [2.75, 3.05) is 26.2 Å². The summed E-state index contributed by atoms with van der Waals surface area (Å²) in [5.74, 6) is 5.80. The Labute approximate surface area is 177 Å². The van der Waals surface area contributed by atoms with Crippen LogP contribution in [0.4, 0.5) is 0 Å². The molecular weight excluding hydrogens is 419 g/mol. The highest BCUT2D eigenvalue weighted by Gasteiger charge is 2.27. The second-order valence-electron chi connectivity index (χ2n) is 6.53. The molecule has 1 atom stereocenters. The van der Waals surface area contributed by atoms with Gasteiger partial charge >= 0.3 is 4.87 Å². The van der Waals surface area contributed by atoms with Crippen molar-refractivity contribution in [1.29, 1.82) is 0 Å². The molecule has 1 fully saturated rings. The van der Waals surface area contributed by atoms with Gasteiger partial charge in [-0.15, -0.1) is 12.4 Å². The van der Waals surface area contributed by atoms with Gasteiger partial charge in [-0.2, -0.15) is 0 Å². The van der Waals surface area contributed by atoms with E-state index in [4.69, 9.17) is 17.4 Å². The Bertz CT molecular complexity index is 1030. The molecule has 1 saturated heterocycles. The second kappa shape index (κ2) is 8.73. The standard InChI is InChI=1S/C19H19ClN4O2S.ClH/c20-15-11-16-17(10-14(15)13-4-2-1-3-5-13)27-19(26)24(16)18(12-25)22-6-8-23(21)9-7-22;/h1-5,10-12,18H,6-9,21H2;1H. The summed E-state index contributed by atoms with van der Waals surface area (Å²) in [7, 11) is 0. The normalized spacial score (nSPS) is 16.6. The van der Waals surface area contributed by atoms with Crippen molar-refractivity contribution >= 4 is 51.8 Å². The van der Waals surface area contributed by atoms with Gasteiger partial charge in [0.1, 0.15) is 6.17 Å². The molecule has 0 aliphatic carbocycles. The Morgan fingerprint density at radius 1 is 1.11 bits per heavy atom. The minimum absolute atomic E-state index is 0. The van der Waals surface area contributed by atoms with Gasteiger partial charge in [-0.1, -0.05) is 53.3 Å². The van der Waals surface area contributed by atoms with Crippen LogP contribution < -0.4 is 10.7 Å². The first kappa shape index (κ1) is 21.0. The number of hydrogen-bond donors (Lipinski definition) is 1. The van der Waals surface area contributed by atoms with Crippen molar-refractivity contribution in [3.05, 3.63) is 57.2 Å². The first-order valence-corrected chi connectivity index (χ1v) is 9.87. The van der Waals surface area contributed by atoms with E-state index in [-0.39, 0.29) is 17.3 Å². The molecule has 0 bridgehead atoms. The molecule has 9 heteroatoms. The minimum atomic E-state index is -0.654. The highest BCUT2D eigenvalue weighted by molar-refractivity contribution is 7.16. The summed E-state index contributed by atoms with van der Waals surface area (Å²) in [4.78, 5) is 26.4. The lowest BCUT2D eigenvalue weighted by atomic mass is 10.1. The zero-order valence-electron chi connectivity index (χ0n) is 15.0. The number of fused-ring (bicyclic) bond motifs is 1. The summed E-state index contributed by atoms with van der Waals surface area (Å²) < 4.78 is 2.35. The molecule has 0 saturated carbocycles. The van der Waals surface area contributed by atoms with Crippen LogP contribution in [0.5, 0.6) is 0 Å². The lowest BCUT2D eigenvalue weighted by Gasteiger charge is -2.35. The largest absolute Gasteiger partial charge is 0.309 e. The summed E-state index contributed by atoms with van der Waals surface area (Å²) in [5.41, 5.74) is 2.54. The average molecular weight is 439 g/mol. The number of thiazole rings is 1. The molecule has 0 radical (unpaired) electrons. The SMILES string of the molecule is Cl.NN1CCN(C(C=O)n2c(=O)sc3cc(-c4ccccc4)c(Cl)cc32)CC1. The predicted octanol–water partition coefficient (Wildman–Crippen LogP) is 2.99. The van der Waals surface area contributed by atoms with Crippen LogP contribution in [-0.4, -0.2) is 46.9 Å². The van der Waals surface area contributed by atoms with Gasteiger partial charge in [0.05, 0.1) is 15.2 Å². The van der Waals surface area contributed by atoms with Crippen LogP contribution in [-0.2, 0) is 4.79 Å². The molecule has 1 unspecified atom stereocenters. The van der Waals surface area contributed by atoms with Gasteiger partial charge in [-0.25, -0.2) is 5.01 Å². The lowest BCUT2D eigenvalue weighted by Crippen LogP contribution is -2.52. The molecule has 2 N–H and O–H groups in total. The Kier molecular flexibility index (Phi) is 6.54. The third-order valence-corrected chi connectivity index (χ3v) is 6.13. The molecule has 1 aliphatic heterocycles. The van der Waals surface area contributed by atoms with Crippen molar-refractivity contribution in [2.24, 2.45) is 5.84 Å². The van der Waals surface area contributed by atoms with Crippen molar-refractivity contribution < 1.29 is 4.79 Å². The molecule has 0 spiro atoms.